The minimum absolute atomic E-state index is 0.0826. The molecule has 10 heteroatoms. The lowest BCUT2D eigenvalue weighted by molar-refractivity contribution is -0.129. The number of aromatic nitrogens is 1. The average molecular weight is 485 g/mol. The van der Waals surface area contributed by atoms with Crippen molar-refractivity contribution < 1.29 is 23.5 Å². The number of para-hydroxylation sites is 1. The van der Waals surface area contributed by atoms with Gasteiger partial charge in [0.1, 0.15) is 12.4 Å². The number of nitrogens with one attached hydrogen (secondary N) is 2. The number of benzene rings is 2. The number of aliphatic hydroxyl groups is 1. The molecule has 2 heterocycles. The molecule has 0 aliphatic heterocycles. The van der Waals surface area contributed by atoms with Gasteiger partial charge in [0.2, 0.25) is 5.56 Å². The molecule has 0 spiro atoms. The minimum Gasteiger partial charge on any atom is -0.396 e. The molecule has 4 rings (SSSR count). The summed E-state index contributed by atoms with van der Waals surface area (Å²) in [5, 5.41) is 14.8. The molecule has 34 heavy (non-hydrogen) atoms. The normalized spacial score (nSPS) is 13.0. The monoisotopic (exact) mass is 484 g/mol. The zero-order valence-electron chi connectivity index (χ0n) is 18.0. The summed E-state index contributed by atoms with van der Waals surface area (Å²) in [5.41, 5.74) is 1.24. The Morgan fingerprint density at radius 2 is 1.88 bits per heavy atom. The molecule has 0 aliphatic carbocycles. The number of aliphatic hydroxyl groups excluding tert-OH is 1. The molecule has 176 valence electrons. The lowest BCUT2D eigenvalue weighted by Crippen LogP contribution is -2.46. The van der Waals surface area contributed by atoms with Gasteiger partial charge in [-0.1, -0.05) is 29.8 Å². The van der Waals surface area contributed by atoms with Crippen LogP contribution in [0.25, 0.3) is 10.9 Å². The number of halogens is 1. The Balaban J connectivity index is 1.61. The number of ether oxygens (including phenoxy) is 1. The molecule has 0 radical (unpaired) electrons. The van der Waals surface area contributed by atoms with Crippen molar-refractivity contribution in [1.82, 2.24) is 10.3 Å². The molecule has 0 fully saturated rings. The van der Waals surface area contributed by atoms with Crippen LogP contribution in [-0.4, -0.2) is 28.3 Å². The van der Waals surface area contributed by atoms with Crippen molar-refractivity contribution in [3.63, 3.8) is 0 Å². The first kappa shape index (κ1) is 23.5. The van der Waals surface area contributed by atoms with Crippen molar-refractivity contribution in [2.45, 2.75) is 32.3 Å². The highest BCUT2D eigenvalue weighted by Crippen LogP contribution is 2.19. The van der Waals surface area contributed by atoms with Crippen LogP contribution in [0.2, 0.25) is 5.02 Å². The summed E-state index contributed by atoms with van der Waals surface area (Å²) in [6, 6.07) is 13.9. The van der Waals surface area contributed by atoms with Gasteiger partial charge in [-0.25, -0.2) is 4.79 Å². The van der Waals surface area contributed by atoms with Gasteiger partial charge in [-0.15, -0.1) is 0 Å². The molecule has 0 bridgehead atoms. The van der Waals surface area contributed by atoms with E-state index in [2.05, 4.69) is 10.3 Å². The van der Waals surface area contributed by atoms with E-state index >= 15 is 0 Å². The third-order valence-corrected chi connectivity index (χ3v) is 5.52. The fraction of sp³-hybridized carbons (Fsp3) is 0.208. The molecule has 0 saturated heterocycles. The number of carbonyl (C=O) groups excluding carboxylic acids is 1. The molecule has 9 nitrogen and oxygen atoms in total. The first-order valence-corrected chi connectivity index (χ1v) is 10.7. The van der Waals surface area contributed by atoms with Gasteiger partial charge < -0.3 is 29.0 Å². The Morgan fingerprint density at radius 1 is 1.15 bits per heavy atom. The summed E-state index contributed by atoms with van der Waals surface area (Å²) in [6.07, 6.45) is -1.42. The van der Waals surface area contributed by atoms with Crippen molar-refractivity contribution in [3.05, 3.63) is 103 Å². The molecule has 3 N–H and O–H groups in total. The van der Waals surface area contributed by atoms with Gasteiger partial charge >= 0.3 is 5.82 Å². The Morgan fingerprint density at radius 3 is 2.59 bits per heavy atom. The van der Waals surface area contributed by atoms with Crippen molar-refractivity contribution in [3.8, 4) is 0 Å². The molecule has 2 aromatic carbocycles. The number of aromatic amines is 1. The van der Waals surface area contributed by atoms with Crippen LogP contribution in [0, 0.1) is 6.92 Å². The Hall–Kier alpha value is -3.66. The molecular formula is C24H21ClN2O7. The lowest BCUT2D eigenvalue weighted by Gasteiger charge is -2.24. The molecule has 4 aromatic rings. The standard InChI is InChI=1S/C24H21ClN2O7/c1-13-20(34-24(31)33-13)12-32-23(30)19(27-22(29)14-6-8-16(25)9-7-14)10-15-11-21(28)26-18-5-3-2-4-17(15)18/h2-9,11,19,23,30H,10,12H2,1H3,(H,26,28)(H,27,29). The molecule has 2 aromatic heterocycles. The number of fused-ring (bicyclic) bond motifs is 1. The smallest absolute Gasteiger partial charge is 0.396 e. The largest absolute Gasteiger partial charge is 0.519 e. The maximum absolute atomic E-state index is 12.9. The van der Waals surface area contributed by atoms with E-state index in [9.17, 15) is 19.5 Å². The van der Waals surface area contributed by atoms with Crippen molar-refractivity contribution >= 4 is 28.4 Å². The maximum Gasteiger partial charge on any atom is 0.519 e. The summed E-state index contributed by atoms with van der Waals surface area (Å²) in [6.45, 7) is 1.26. The Kier molecular flexibility index (Phi) is 6.97. The van der Waals surface area contributed by atoms with Gasteiger partial charge in [0, 0.05) is 27.6 Å². The van der Waals surface area contributed by atoms with Gasteiger partial charge in [-0.05, 0) is 49.2 Å². The number of aryl methyl sites for hydroxylation is 1. The van der Waals surface area contributed by atoms with Gasteiger partial charge in [0.25, 0.3) is 5.91 Å². The van der Waals surface area contributed by atoms with Crippen molar-refractivity contribution in [2.24, 2.45) is 0 Å². The van der Waals surface area contributed by atoms with Crippen molar-refractivity contribution in [2.75, 3.05) is 0 Å². The second-order valence-electron chi connectivity index (χ2n) is 7.63. The summed E-state index contributed by atoms with van der Waals surface area (Å²) < 4.78 is 15.2. The highest BCUT2D eigenvalue weighted by Gasteiger charge is 2.25. The van der Waals surface area contributed by atoms with E-state index in [0.717, 1.165) is 5.39 Å². The highest BCUT2D eigenvalue weighted by molar-refractivity contribution is 6.30. The topological polar surface area (TPSA) is 135 Å². The summed E-state index contributed by atoms with van der Waals surface area (Å²) >= 11 is 5.90. The third-order valence-electron chi connectivity index (χ3n) is 5.26. The van der Waals surface area contributed by atoms with Crippen LogP contribution in [-0.2, 0) is 17.8 Å². The van der Waals surface area contributed by atoms with Crippen LogP contribution in [0.5, 0.6) is 0 Å². The van der Waals surface area contributed by atoms with Crippen LogP contribution in [0.4, 0.5) is 0 Å². The molecule has 0 saturated carbocycles. The summed E-state index contributed by atoms with van der Waals surface area (Å²) in [5.74, 6) is -1.01. The van der Waals surface area contributed by atoms with E-state index in [4.69, 9.17) is 25.2 Å². The predicted octanol–water partition coefficient (Wildman–Crippen LogP) is 2.91. The van der Waals surface area contributed by atoms with Crippen LogP contribution in [0.1, 0.15) is 27.4 Å². The maximum atomic E-state index is 12.9. The van der Waals surface area contributed by atoms with Gasteiger partial charge in [0.05, 0.1) is 6.04 Å². The van der Waals surface area contributed by atoms with E-state index in [-0.39, 0.29) is 30.1 Å². The Bertz CT molecular complexity index is 1420. The van der Waals surface area contributed by atoms with Gasteiger partial charge in [0.15, 0.2) is 12.1 Å². The van der Waals surface area contributed by atoms with Crippen LogP contribution in [0.15, 0.2) is 73.0 Å². The average Bonchev–Trinajstić information content (AvgIpc) is 3.13. The van der Waals surface area contributed by atoms with Crippen LogP contribution < -0.4 is 16.7 Å². The predicted molar refractivity (Wildman–Crippen MR) is 124 cm³/mol. The number of pyridine rings is 1. The van der Waals surface area contributed by atoms with Gasteiger partial charge in [-0.3, -0.25) is 9.59 Å². The number of hydrogen-bond donors (Lipinski definition) is 3. The fourth-order valence-electron chi connectivity index (χ4n) is 3.54. The zero-order chi connectivity index (χ0) is 24.2. The highest BCUT2D eigenvalue weighted by atomic mass is 35.5. The first-order chi connectivity index (χ1) is 16.3. The van der Waals surface area contributed by atoms with Crippen molar-refractivity contribution in [1.29, 1.82) is 0 Å². The molecule has 2 unspecified atom stereocenters. The SMILES string of the molecule is Cc1oc(=O)oc1COC(O)C(Cc1cc(=O)[nH]c2ccccc12)NC(=O)c1ccc(Cl)cc1. The van der Waals surface area contributed by atoms with E-state index in [0.29, 0.717) is 21.7 Å². The van der Waals surface area contributed by atoms with E-state index in [1.165, 1.54) is 13.0 Å². The van der Waals surface area contributed by atoms with Crippen LogP contribution in [0.3, 0.4) is 0 Å². The molecule has 1 amide bonds. The second kappa shape index (κ2) is 10.1. The molecule has 0 aliphatic rings. The molecular weight excluding hydrogens is 464 g/mol. The number of rotatable bonds is 8. The lowest BCUT2D eigenvalue weighted by atomic mass is 10.0. The van der Waals surface area contributed by atoms with E-state index in [1.54, 1.807) is 36.4 Å². The Labute approximate surface area is 197 Å². The quantitative estimate of drug-likeness (QED) is 0.327. The second-order valence-corrected chi connectivity index (χ2v) is 8.07. The first-order valence-electron chi connectivity index (χ1n) is 10.4. The number of H-pyrrole nitrogens is 1. The van der Waals surface area contributed by atoms with E-state index in [1.807, 2.05) is 12.1 Å². The molecule has 2 atom stereocenters. The minimum atomic E-state index is -1.51. The summed E-state index contributed by atoms with van der Waals surface area (Å²) in [4.78, 5) is 39.1. The number of carbonyl (C=O) groups is 1. The zero-order valence-corrected chi connectivity index (χ0v) is 18.8. The fourth-order valence-corrected chi connectivity index (χ4v) is 3.67. The van der Waals surface area contributed by atoms with E-state index < -0.39 is 24.1 Å². The van der Waals surface area contributed by atoms with Gasteiger partial charge in [-0.2, -0.15) is 0 Å². The third kappa shape index (κ3) is 5.45. The number of amides is 1. The van der Waals surface area contributed by atoms with Crippen LogP contribution >= 0.6 is 11.6 Å². The summed E-state index contributed by atoms with van der Waals surface area (Å²) in [7, 11) is 0. The number of hydrogen-bond acceptors (Lipinski definition) is 7.